The largest absolute Gasteiger partial charge is 0.494 e. The minimum absolute atomic E-state index is 0.156. The highest BCUT2D eigenvalue weighted by molar-refractivity contribution is 6.25. The van der Waals surface area contributed by atoms with Gasteiger partial charge in [-0.1, -0.05) is 66.2 Å². The zero-order valence-electron chi connectivity index (χ0n) is 21.9. The van der Waals surface area contributed by atoms with Crippen LogP contribution in [0, 0.1) is 18.8 Å². The lowest BCUT2D eigenvalue weighted by Gasteiger charge is -2.52. The van der Waals surface area contributed by atoms with E-state index in [1.54, 1.807) is 12.1 Å². The number of anilines is 1. The van der Waals surface area contributed by atoms with Crippen LogP contribution in [0.3, 0.4) is 0 Å². The summed E-state index contributed by atoms with van der Waals surface area (Å²) in [5.41, 5.74) is 5.98. The van der Waals surface area contributed by atoms with Gasteiger partial charge in [-0.25, -0.2) is 4.90 Å². The lowest BCUT2D eigenvalue weighted by atomic mass is 9.47. The highest BCUT2D eigenvalue weighted by Gasteiger charge is 2.67. The summed E-state index contributed by atoms with van der Waals surface area (Å²) in [5.74, 6) is -0.936. The molecule has 4 aromatic rings. The molecule has 1 heterocycles. The molecule has 1 fully saturated rings. The Morgan fingerprint density at radius 2 is 1.44 bits per heavy atom. The quantitative estimate of drug-likeness (QED) is 0.231. The van der Waals surface area contributed by atoms with Crippen molar-refractivity contribution in [1.29, 1.82) is 0 Å². The van der Waals surface area contributed by atoms with Crippen LogP contribution in [0.1, 0.15) is 40.7 Å². The number of ether oxygens (including phenoxy) is 1. The molecule has 0 unspecified atom stereocenters. The molecule has 2 amide bonds. The maximum atomic E-state index is 14.4. The van der Waals surface area contributed by atoms with Gasteiger partial charge in [-0.3, -0.25) is 14.6 Å². The van der Waals surface area contributed by atoms with Crippen LogP contribution in [0.25, 0.3) is 0 Å². The first kappa shape index (κ1) is 23.6. The molecule has 2 atom stereocenters. The summed E-state index contributed by atoms with van der Waals surface area (Å²) in [6.07, 6.45) is 1.94. The van der Waals surface area contributed by atoms with Crippen LogP contribution in [0.5, 0.6) is 5.75 Å². The van der Waals surface area contributed by atoms with Gasteiger partial charge in [0, 0.05) is 12.1 Å². The minimum atomic E-state index is -0.871. The van der Waals surface area contributed by atoms with E-state index in [9.17, 15) is 9.59 Å². The second-order valence-corrected chi connectivity index (χ2v) is 10.6. The Hall–Kier alpha value is -4.51. The first-order valence-electron chi connectivity index (χ1n) is 13.5. The Labute approximate surface area is 227 Å². The number of rotatable bonds is 5. The van der Waals surface area contributed by atoms with Crippen molar-refractivity contribution >= 4 is 29.4 Å². The number of hydrogen-bond donors (Lipinski definition) is 0. The van der Waals surface area contributed by atoms with E-state index in [4.69, 9.17) is 9.73 Å². The third-order valence-corrected chi connectivity index (χ3v) is 8.54. The second kappa shape index (κ2) is 8.77. The smallest absolute Gasteiger partial charge is 0.239 e. The molecule has 5 nitrogen and oxygen atoms in total. The zero-order chi connectivity index (χ0) is 26.7. The van der Waals surface area contributed by atoms with Crippen molar-refractivity contribution in [3.05, 3.63) is 125 Å². The van der Waals surface area contributed by atoms with Gasteiger partial charge in [0.25, 0.3) is 0 Å². The summed E-state index contributed by atoms with van der Waals surface area (Å²) in [7, 11) is 0. The molecule has 1 aliphatic heterocycles. The fourth-order valence-electron chi connectivity index (χ4n) is 6.97. The molecule has 0 N–H and O–H groups in total. The van der Waals surface area contributed by atoms with Crippen molar-refractivity contribution in [2.45, 2.75) is 25.2 Å². The summed E-state index contributed by atoms with van der Waals surface area (Å²) in [4.78, 5) is 35.1. The number of nitrogens with zero attached hydrogens (tertiary/aromatic N) is 2. The molecule has 1 saturated heterocycles. The maximum absolute atomic E-state index is 14.4. The van der Waals surface area contributed by atoms with Crippen molar-refractivity contribution in [1.82, 2.24) is 0 Å². The standard InChI is InChI=1S/C34H28N2O3/c1-3-39-24-18-16-23(17-19-24)36-32(37)30-29-25-8-4-6-10-27(25)34(31(30)33(36)38,28-11-7-5-9-26(28)29)20-35-22-14-12-21(2)13-15-22/h4-20,29-31H,3H2,1-2H3/t29?,30-,31+,34?/m0/s1. The van der Waals surface area contributed by atoms with Gasteiger partial charge >= 0.3 is 0 Å². The predicted molar refractivity (Wildman–Crippen MR) is 152 cm³/mol. The van der Waals surface area contributed by atoms with Crippen LogP contribution in [-0.2, 0) is 15.0 Å². The molecule has 4 aromatic carbocycles. The number of amides is 2. The molecule has 0 radical (unpaired) electrons. The normalized spacial score (nSPS) is 24.6. The molecule has 192 valence electrons. The van der Waals surface area contributed by atoms with E-state index >= 15 is 0 Å². The van der Waals surface area contributed by atoms with Gasteiger partial charge < -0.3 is 4.74 Å². The maximum Gasteiger partial charge on any atom is 0.239 e. The van der Waals surface area contributed by atoms with Crippen LogP contribution in [0.15, 0.2) is 102 Å². The number of carbonyl (C=O) groups is 2. The van der Waals surface area contributed by atoms with Crippen LogP contribution in [0.4, 0.5) is 11.4 Å². The van der Waals surface area contributed by atoms with E-state index in [-0.39, 0.29) is 17.7 Å². The number of aryl methyl sites for hydroxylation is 1. The first-order valence-corrected chi connectivity index (χ1v) is 13.5. The Bertz CT molecular complexity index is 1590. The topological polar surface area (TPSA) is 59.0 Å². The molecule has 3 aliphatic carbocycles. The number of aliphatic imine (C=N–C) groups is 1. The second-order valence-electron chi connectivity index (χ2n) is 10.6. The molecule has 5 heteroatoms. The van der Waals surface area contributed by atoms with Gasteiger partial charge in [0.05, 0.1) is 35.2 Å². The Kier molecular flexibility index (Phi) is 5.31. The highest BCUT2D eigenvalue weighted by Crippen LogP contribution is 2.63. The zero-order valence-corrected chi connectivity index (χ0v) is 21.9. The van der Waals surface area contributed by atoms with E-state index < -0.39 is 17.3 Å². The molecule has 2 bridgehead atoms. The van der Waals surface area contributed by atoms with E-state index in [0.29, 0.717) is 18.0 Å². The van der Waals surface area contributed by atoms with Crippen LogP contribution in [0.2, 0.25) is 0 Å². The first-order chi connectivity index (χ1) is 19.0. The third kappa shape index (κ3) is 3.29. The Morgan fingerprint density at radius 3 is 2.05 bits per heavy atom. The van der Waals surface area contributed by atoms with Crippen molar-refractivity contribution in [2.75, 3.05) is 11.5 Å². The van der Waals surface area contributed by atoms with Crippen molar-refractivity contribution in [3.8, 4) is 5.75 Å². The number of imide groups is 1. The van der Waals surface area contributed by atoms with Gasteiger partial charge in [0.15, 0.2) is 0 Å². The SMILES string of the molecule is CCOc1ccc(N2C(=O)[C@H]3C4c5ccccc5C(C=Nc5ccc(C)cc5)(c5ccccc54)[C@H]3C2=O)cc1. The van der Waals surface area contributed by atoms with Gasteiger partial charge in [-0.15, -0.1) is 0 Å². The third-order valence-electron chi connectivity index (χ3n) is 8.54. The summed E-state index contributed by atoms with van der Waals surface area (Å²) in [6.45, 7) is 4.52. The molecule has 0 aromatic heterocycles. The molecule has 4 aliphatic rings. The summed E-state index contributed by atoms with van der Waals surface area (Å²) >= 11 is 0. The molecule has 0 spiro atoms. The Morgan fingerprint density at radius 1 is 0.821 bits per heavy atom. The molecular weight excluding hydrogens is 484 g/mol. The lowest BCUT2D eigenvalue weighted by Crippen LogP contribution is -2.54. The van der Waals surface area contributed by atoms with E-state index in [1.165, 1.54) is 4.90 Å². The summed E-state index contributed by atoms with van der Waals surface area (Å²) < 4.78 is 5.59. The fourth-order valence-corrected chi connectivity index (χ4v) is 6.97. The van der Waals surface area contributed by atoms with Gasteiger partial charge in [0.1, 0.15) is 5.75 Å². The predicted octanol–water partition coefficient (Wildman–Crippen LogP) is 6.35. The monoisotopic (exact) mass is 512 g/mol. The van der Waals surface area contributed by atoms with Crippen LogP contribution >= 0.6 is 0 Å². The van der Waals surface area contributed by atoms with Gasteiger partial charge in [-0.2, -0.15) is 0 Å². The molecule has 0 saturated carbocycles. The summed E-state index contributed by atoms with van der Waals surface area (Å²) in [6, 6.07) is 31.8. The number of carbonyl (C=O) groups excluding carboxylic acids is 2. The van der Waals surface area contributed by atoms with Crippen LogP contribution < -0.4 is 9.64 Å². The van der Waals surface area contributed by atoms with Crippen molar-refractivity contribution in [3.63, 3.8) is 0 Å². The van der Waals surface area contributed by atoms with E-state index in [2.05, 4.69) is 24.3 Å². The number of hydrogen-bond acceptors (Lipinski definition) is 4. The summed E-state index contributed by atoms with van der Waals surface area (Å²) in [5, 5.41) is 0. The molecule has 39 heavy (non-hydrogen) atoms. The highest BCUT2D eigenvalue weighted by atomic mass is 16.5. The fraction of sp³-hybridized carbons (Fsp3) is 0.206. The average molecular weight is 513 g/mol. The van der Waals surface area contributed by atoms with Crippen LogP contribution in [-0.4, -0.2) is 24.6 Å². The average Bonchev–Trinajstić information content (AvgIpc) is 3.24. The van der Waals surface area contributed by atoms with Crippen molar-refractivity contribution in [2.24, 2.45) is 16.8 Å². The van der Waals surface area contributed by atoms with Gasteiger partial charge in [0.2, 0.25) is 11.8 Å². The van der Waals surface area contributed by atoms with Crippen molar-refractivity contribution < 1.29 is 14.3 Å². The minimum Gasteiger partial charge on any atom is -0.494 e. The lowest BCUT2D eigenvalue weighted by molar-refractivity contribution is -0.122. The Balaban J connectivity index is 1.44. The van der Waals surface area contributed by atoms with E-state index in [0.717, 1.165) is 33.5 Å². The molecule has 8 rings (SSSR count). The number of benzene rings is 4. The molecular formula is C34H28N2O3. The van der Waals surface area contributed by atoms with E-state index in [1.807, 2.05) is 80.7 Å². The van der Waals surface area contributed by atoms with Gasteiger partial charge in [-0.05, 0) is 72.5 Å².